The molecule has 1 aromatic rings. The monoisotopic (exact) mass is 221 g/mol. The van der Waals surface area contributed by atoms with E-state index in [0.29, 0.717) is 5.92 Å². The van der Waals surface area contributed by atoms with Crippen LogP contribution in [0.25, 0.3) is 5.57 Å². The summed E-state index contributed by atoms with van der Waals surface area (Å²) in [6.07, 6.45) is 5.04. The van der Waals surface area contributed by atoms with Gasteiger partial charge in [-0.15, -0.1) is 0 Å². The molecular formula is C13H19NO2. The molecule has 1 N–H and O–H groups in total. The lowest BCUT2D eigenvalue weighted by molar-refractivity contribution is 0.120. The van der Waals surface area contributed by atoms with Crippen LogP contribution in [0.2, 0.25) is 0 Å². The number of hydrogen-bond acceptors (Lipinski definition) is 3. The van der Waals surface area contributed by atoms with Crippen LogP contribution >= 0.6 is 0 Å². The van der Waals surface area contributed by atoms with Crippen molar-refractivity contribution in [2.24, 2.45) is 5.92 Å². The first-order valence-electron chi connectivity index (χ1n) is 5.90. The van der Waals surface area contributed by atoms with Crippen molar-refractivity contribution >= 4 is 5.57 Å². The SMILES string of the molecule is Cc1noc(C)c1C1=CCC(C(C)O)CC1. The molecule has 0 saturated carbocycles. The van der Waals surface area contributed by atoms with Crippen molar-refractivity contribution in [2.75, 3.05) is 0 Å². The summed E-state index contributed by atoms with van der Waals surface area (Å²) >= 11 is 0. The van der Waals surface area contributed by atoms with Gasteiger partial charge in [-0.25, -0.2) is 0 Å². The summed E-state index contributed by atoms with van der Waals surface area (Å²) in [5, 5.41) is 13.5. The molecule has 0 aromatic carbocycles. The van der Waals surface area contributed by atoms with Crippen molar-refractivity contribution in [3.8, 4) is 0 Å². The van der Waals surface area contributed by atoms with Crippen LogP contribution in [0.5, 0.6) is 0 Å². The number of aromatic nitrogens is 1. The van der Waals surface area contributed by atoms with Crippen LogP contribution in [-0.4, -0.2) is 16.4 Å². The molecule has 0 amide bonds. The molecule has 0 fully saturated rings. The first kappa shape index (κ1) is 11.4. The minimum Gasteiger partial charge on any atom is -0.393 e. The maximum Gasteiger partial charge on any atom is 0.141 e. The van der Waals surface area contributed by atoms with Crippen molar-refractivity contribution in [2.45, 2.75) is 46.1 Å². The Hall–Kier alpha value is -1.09. The largest absolute Gasteiger partial charge is 0.393 e. The van der Waals surface area contributed by atoms with Crippen molar-refractivity contribution in [1.29, 1.82) is 0 Å². The van der Waals surface area contributed by atoms with Crippen LogP contribution in [0.3, 0.4) is 0 Å². The van der Waals surface area contributed by atoms with E-state index in [2.05, 4.69) is 11.2 Å². The summed E-state index contributed by atoms with van der Waals surface area (Å²) < 4.78 is 5.18. The van der Waals surface area contributed by atoms with Crippen molar-refractivity contribution in [3.63, 3.8) is 0 Å². The van der Waals surface area contributed by atoms with Crippen LogP contribution in [-0.2, 0) is 0 Å². The summed E-state index contributed by atoms with van der Waals surface area (Å²) in [6.45, 7) is 5.81. The highest BCUT2D eigenvalue weighted by Crippen LogP contribution is 2.34. The lowest BCUT2D eigenvalue weighted by atomic mass is 9.83. The summed E-state index contributed by atoms with van der Waals surface area (Å²) in [5.74, 6) is 1.31. The predicted octanol–water partition coefficient (Wildman–Crippen LogP) is 2.86. The molecule has 88 valence electrons. The van der Waals surface area contributed by atoms with E-state index in [9.17, 15) is 5.11 Å². The molecule has 2 rings (SSSR count). The van der Waals surface area contributed by atoms with Crippen LogP contribution < -0.4 is 0 Å². The molecule has 0 spiro atoms. The number of aliphatic hydroxyl groups excluding tert-OH is 1. The Bertz CT molecular complexity index is 385. The smallest absolute Gasteiger partial charge is 0.141 e. The molecule has 16 heavy (non-hydrogen) atoms. The van der Waals surface area contributed by atoms with Crippen molar-refractivity contribution in [3.05, 3.63) is 23.1 Å². The number of rotatable bonds is 2. The second kappa shape index (κ2) is 4.42. The molecule has 1 heterocycles. The standard InChI is InChI=1S/C13H19NO2/c1-8-13(10(3)16-14-8)12-6-4-11(5-7-12)9(2)15/h6,9,11,15H,4-5,7H2,1-3H3. The van der Waals surface area contributed by atoms with Gasteiger partial charge in [0.1, 0.15) is 5.76 Å². The van der Waals surface area contributed by atoms with Crippen LogP contribution in [0.4, 0.5) is 0 Å². The van der Waals surface area contributed by atoms with E-state index in [-0.39, 0.29) is 6.10 Å². The van der Waals surface area contributed by atoms with E-state index >= 15 is 0 Å². The first-order valence-corrected chi connectivity index (χ1v) is 5.90. The van der Waals surface area contributed by atoms with Gasteiger partial charge in [-0.3, -0.25) is 0 Å². The van der Waals surface area contributed by atoms with Crippen LogP contribution in [0, 0.1) is 19.8 Å². The molecule has 0 saturated heterocycles. The molecule has 1 aliphatic carbocycles. The first-order chi connectivity index (χ1) is 7.59. The molecule has 1 aromatic heterocycles. The molecule has 3 heteroatoms. The van der Waals surface area contributed by atoms with E-state index in [1.54, 1.807) is 0 Å². The van der Waals surface area contributed by atoms with Gasteiger partial charge < -0.3 is 9.63 Å². The van der Waals surface area contributed by atoms with Gasteiger partial charge in [0, 0.05) is 5.56 Å². The topological polar surface area (TPSA) is 46.3 Å². The molecular weight excluding hydrogens is 202 g/mol. The van der Waals surface area contributed by atoms with E-state index in [1.807, 2.05) is 20.8 Å². The number of nitrogens with zero attached hydrogens (tertiary/aromatic N) is 1. The number of aryl methyl sites for hydroxylation is 2. The van der Waals surface area contributed by atoms with Gasteiger partial charge in [0.15, 0.2) is 0 Å². The Morgan fingerprint density at radius 2 is 2.25 bits per heavy atom. The zero-order chi connectivity index (χ0) is 11.7. The van der Waals surface area contributed by atoms with Gasteiger partial charge in [0.25, 0.3) is 0 Å². The lowest BCUT2D eigenvalue weighted by Crippen LogP contribution is -2.18. The van der Waals surface area contributed by atoms with Gasteiger partial charge in [-0.05, 0) is 51.5 Å². The van der Waals surface area contributed by atoms with Gasteiger partial charge in [0.05, 0.1) is 11.8 Å². The zero-order valence-electron chi connectivity index (χ0n) is 10.2. The van der Waals surface area contributed by atoms with Crippen molar-refractivity contribution < 1.29 is 9.63 Å². The quantitative estimate of drug-likeness (QED) is 0.835. The molecule has 0 aliphatic heterocycles. The van der Waals surface area contributed by atoms with E-state index in [1.165, 1.54) is 11.1 Å². The van der Waals surface area contributed by atoms with Gasteiger partial charge in [-0.2, -0.15) is 0 Å². The third-order valence-electron chi connectivity index (χ3n) is 3.49. The predicted molar refractivity (Wildman–Crippen MR) is 63.0 cm³/mol. The van der Waals surface area contributed by atoms with Crippen LogP contribution in [0.1, 0.15) is 43.2 Å². The third kappa shape index (κ3) is 2.05. The Morgan fingerprint density at radius 1 is 1.50 bits per heavy atom. The molecule has 0 radical (unpaired) electrons. The normalized spacial score (nSPS) is 23.0. The second-order valence-corrected chi connectivity index (χ2v) is 4.70. The third-order valence-corrected chi connectivity index (χ3v) is 3.49. The fourth-order valence-corrected chi connectivity index (χ4v) is 2.46. The van der Waals surface area contributed by atoms with E-state index < -0.39 is 0 Å². The molecule has 3 nitrogen and oxygen atoms in total. The fraction of sp³-hybridized carbons (Fsp3) is 0.615. The summed E-state index contributed by atoms with van der Waals surface area (Å²) in [6, 6.07) is 0. The van der Waals surface area contributed by atoms with Gasteiger partial charge in [0.2, 0.25) is 0 Å². The average molecular weight is 221 g/mol. The highest BCUT2D eigenvalue weighted by molar-refractivity contribution is 5.69. The Kier molecular flexibility index (Phi) is 3.15. The van der Waals surface area contributed by atoms with Gasteiger partial charge in [-0.1, -0.05) is 11.2 Å². The second-order valence-electron chi connectivity index (χ2n) is 4.70. The maximum atomic E-state index is 9.54. The number of allylic oxidation sites excluding steroid dienone is 2. The molecule has 2 atom stereocenters. The summed E-state index contributed by atoms with van der Waals surface area (Å²) in [5.41, 5.74) is 3.47. The van der Waals surface area contributed by atoms with Crippen LogP contribution in [0.15, 0.2) is 10.6 Å². The molecule has 1 aliphatic rings. The number of aliphatic hydroxyl groups is 1. The lowest BCUT2D eigenvalue weighted by Gasteiger charge is -2.24. The average Bonchev–Trinajstić information content (AvgIpc) is 2.59. The summed E-state index contributed by atoms with van der Waals surface area (Å²) in [4.78, 5) is 0. The van der Waals surface area contributed by atoms with E-state index in [4.69, 9.17) is 4.52 Å². The zero-order valence-corrected chi connectivity index (χ0v) is 10.2. The molecule has 2 unspecified atom stereocenters. The maximum absolute atomic E-state index is 9.54. The highest BCUT2D eigenvalue weighted by atomic mass is 16.5. The Morgan fingerprint density at radius 3 is 2.69 bits per heavy atom. The Balaban J connectivity index is 2.19. The highest BCUT2D eigenvalue weighted by Gasteiger charge is 2.22. The van der Waals surface area contributed by atoms with E-state index in [0.717, 1.165) is 30.7 Å². The van der Waals surface area contributed by atoms with Crippen molar-refractivity contribution in [1.82, 2.24) is 5.16 Å². The minimum absolute atomic E-state index is 0.206. The Labute approximate surface area is 96.1 Å². The molecule has 0 bridgehead atoms. The summed E-state index contributed by atoms with van der Waals surface area (Å²) in [7, 11) is 0. The fourth-order valence-electron chi connectivity index (χ4n) is 2.46. The number of hydrogen-bond donors (Lipinski definition) is 1. The van der Waals surface area contributed by atoms with Gasteiger partial charge >= 0.3 is 0 Å². The minimum atomic E-state index is -0.206.